The van der Waals surface area contributed by atoms with Gasteiger partial charge in [0.1, 0.15) is 6.04 Å². The Balaban J connectivity index is 2.16. The lowest BCUT2D eigenvalue weighted by atomic mass is 9.92. The lowest BCUT2D eigenvalue weighted by Crippen LogP contribution is -2.44. The highest BCUT2D eigenvalue weighted by Gasteiger charge is 2.29. The summed E-state index contributed by atoms with van der Waals surface area (Å²) < 4.78 is 6.24. The molecule has 0 bridgehead atoms. The van der Waals surface area contributed by atoms with Crippen LogP contribution in [0.15, 0.2) is 6.07 Å². The topological polar surface area (TPSA) is 38.3 Å². The number of fused-ring (bicyclic) bond motifs is 1. The number of carbonyl (C=O) groups excluding carboxylic acids is 1. The van der Waals surface area contributed by atoms with Crippen LogP contribution in [-0.2, 0) is 16.0 Å². The third-order valence-electron chi connectivity index (χ3n) is 3.59. The van der Waals surface area contributed by atoms with Gasteiger partial charge in [-0.25, -0.2) is 0 Å². The number of nitrogens with one attached hydrogen (secondary N) is 1. The van der Waals surface area contributed by atoms with Crippen molar-refractivity contribution in [2.24, 2.45) is 5.92 Å². The van der Waals surface area contributed by atoms with E-state index in [4.69, 9.17) is 4.74 Å². The number of aryl methyl sites for hydroxylation is 1. The Morgan fingerprint density at radius 3 is 2.95 bits per heavy atom. The minimum Gasteiger partial charge on any atom is -0.468 e. The number of thiophene rings is 1. The molecular weight excluding hydrogens is 373 g/mol. The first-order valence-corrected chi connectivity index (χ1v) is 8.54. The average molecular weight is 393 g/mol. The third kappa shape index (κ3) is 3.49. The summed E-state index contributed by atoms with van der Waals surface area (Å²) in [6, 6.07) is 2.32. The Bertz CT molecular complexity index is 458. The molecule has 1 aromatic rings. The monoisotopic (exact) mass is 393 g/mol. The molecule has 0 aromatic carbocycles. The molecule has 1 aromatic heterocycles. The van der Waals surface area contributed by atoms with Gasteiger partial charge in [0.25, 0.3) is 0 Å². The predicted octanol–water partition coefficient (Wildman–Crippen LogP) is 3.52. The van der Waals surface area contributed by atoms with Gasteiger partial charge in [-0.2, -0.15) is 0 Å². The second-order valence-electron chi connectivity index (χ2n) is 5.29. The van der Waals surface area contributed by atoms with E-state index in [1.807, 2.05) is 11.3 Å². The van der Waals surface area contributed by atoms with Crippen molar-refractivity contribution >= 4 is 39.9 Å². The molecule has 2 rings (SSSR count). The fourth-order valence-electron chi connectivity index (χ4n) is 2.57. The van der Waals surface area contributed by atoms with Gasteiger partial charge in [-0.3, -0.25) is 10.1 Å². The number of halogens is 1. The zero-order valence-corrected chi connectivity index (χ0v) is 14.5. The van der Waals surface area contributed by atoms with E-state index in [9.17, 15) is 4.79 Å². The summed E-state index contributed by atoms with van der Waals surface area (Å²) >= 11 is 4.25. The van der Waals surface area contributed by atoms with Gasteiger partial charge in [0.15, 0.2) is 0 Å². The second kappa shape index (κ2) is 6.54. The molecule has 1 N–H and O–H groups in total. The lowest BCUT2D eigenvalue weighted by molar-refractivity contribution is -0.144. The number of rotatable bonds is 4. The van der Waals surface area contributed by atoms with E-state index in [1.54, 1.807) is 0 Å². The fourth-order valence-corrected chi connectivity index (χ4v) is 4.69. The van der Waals surface area contributed by atoms with Crippen LogP contribution >= 0.6 is 33.9 Å². The molecule has 2 atom stereocenters. The molecule has 0 saturated carbocycles. The smallest absolute Gasteiger partial charge is 0.323 e. The molecule has 106 valence electrons. The van der Waals surface area contributed by atoms with Gasteiger partial charge in [-0.1, -0.05) is 13.8 Å². The van der Waals surface area contributed by atoms with Crippen molar-refractivity contribution in [3.8, 4) is 0 Å². The Morgan fingerprint density at radius 1 is 1.58 bits per heavy atom. The first-order valence-electron chi connectivity index (χ1n) is 6.65. The third-order valence-corrected chi connectivity index (χ3v) is 5.56. The van der Waals surface area contributed by atoms with Crippen molar-refractivity contribution in [2.45, 2.75) is 45.2 Å². The SMILES string of the molecule is COC(=O)[C@@H](NC1CCCc2sc(I)cc21)C(C)C. The second-order valence-corrected chi connectivity index (χ2v) is 8.32. The Labute approximate surface area is 132 Å². The number of hydrogen-bond donors (Lipinski definition) is 1. The Hall–Kier alpha value is -0.140. The first kappa shape index (κ1) is 15.3. The Kier molecular flexibility index (Phi) is 5.25. The molecule has 1 aliphatic rings. The molecule has 0 fully saturated rings. The number of esters is 1. The highest BCUT2D eigenvalue weighted by atomic mass is 127. The van der Waals surface area contributed by atoms with Crippen LogP contribution in [0.25, 0.3) is 0 Å². The van der Waals surface area contributed by atoms with E-state index in [0.29, 0.717) is 0 Å². The van der Waals surface area contributed by atoms with Crippen molar-refractivity contribution in [1.29, 1.82) is 0 Å². The molecule has 0 amide bonds. The van der Waals surface area contributed by atoms with Crippen molar-refractivity contribution in [3.63, 3.8) is 0 Å². The van der Waals surface area contributed by atoms with Gasteiger partial charge in [-0.15, -0.1) is 11.3 Å². The summed E-state index contributed by atoms with van der Waals surface area (Å²) in [4.78, 5) is 13.3. The molecule has 1 heterocycles. The number of carbonyl (C=O) groups is 1. The van der Waals surface area contributed by atoms with Crippen LogP contribution in [0.3, 0.4) is 0 Å². The standard InChI is InChI=1S/C14H20INO2S/c1-8(2)13(14(17)18-3)16-10-5-4-6-11-9(10)7-12(15)19-11/h7-8,10,13,16H,4-6H2,1-3H3/t10?,13-/m0/s1. The van der Waals surface area contributed by atoms with Crippen LogP contribution in [0, 0.1) is 8.80 Å². The Morgan fingerprint density at radius 2 is 2.32 bits per heavy atom. The summed E-state index contributed by atoms with van der Waals surface area (Å²) in [6.07, 6.45) is 3.46. The van der Waals surface area contributed by atoms with Gasteiger partial charge < -0.3 is 4.74 Å². The highest BCUT2D eigenvalue weighted by Crippen LogP contribution is 2.36. The predicted molar refractivity (Wildman–Crippen MR) is 86.5 cm³/mol. The number of methoxy groups -OCH3 is 1. The maximum Gasteiger partial charge on any atom is 0.323 e. The number of hydrogen-bond acceptors (Lipinski definition) is 4. The van der Waals surface area contributed by atoms with Crippen LogP contribution in [-0.4, -0.2) is 19.1 Å². The van der Waals surface area contributed by atoms with E-state index in [-0.39, 0.29) is 24.0 Å². The first-order chi connectivity index (χ1) is 9.02. The van der Waals surface area contributed by atoms with Gasteiger partial charge in [0.05, 0.1) is 9.99 Å². The maximum atomic E-state index is 11.9. The van der Waals surface area contributed by atoms with Crippen molar-refractivity contribution in [1.82, 2.24) is 5.32 Å². The molecule has 5 heteroatoms. The number of ether oxygens (including phenoxy) is 1. The molecular formula is C14H20INO2S. The largest absolute Gasteiger partial charge is 0.468 e. The van der Waals surface area contributed by atoms with E-state index >= 15 is 0 Å². The molecule has 19 heavy (non-hydrogen) atoms. The normalized spacial score (nSPS) is 20.2. The van der Waals surface area contributed by atoms with Crippen LogP contribution in [0.2, 0.25) is 0 Å². The van der Waals surface area contributed by atoms with Crippen LogP contribution in [0.1, 0.15) is 43.2 Å². The summed E-state index contributed by atoms with van der Waals surface area (Å²) in [5, 5.41) is 3.50. The van der Waals surface area contributed by atoms with Crippen LogP contribution in [0.4, 0.5) is 0 Å². The van der Waals surface area contributed by atoms with Crippen molar-refractivity contribution < 1.29 is 9.53 Å². The fraction of sp³-hybridized carbons (Fsp3) is 0.643. The highest BCUT2D eigenvalue weighted by molar-refractivity contribution is 14.1. The molecule has 3 nitrogen and oxygen atoms in total. The molecule has 0 saturated heterocycles. The van der Waals surface area contributed by atoms with E-state index in [2.05, 4.69) is 47.8 Å². The summed E-state index contributed by atoms with van der Waals surface area (Å²) in [7, 11) is 1.46. The van der Waals surface area contributed by atoms with E-state index < -0.39 is 0 Å². The van der Waals surface area contributed by atoms with Gasteiger partial charge in [-0.05, 0) is 59.4 Å². The quantitative estimate of drug-likeness (QED) is 0.629. The van der Waals surface area contributed by atoms with Crippen LogP contribution < -0.4 is 5.32 Å². The maximum absolute atomic E-state index is 11.9. The van der Waals surface area contributed by atoms with Gasteiger partial charge >= 0.3 is 5.97 Å². The molecule has 1 aliphatic carbocycles. The zero-order chi connectivity index (χ0) is 14.0. The summed E-state index contributed by atoms with van der Waals surface area (Å²) in [6.45, 7) is 4.10. The minimum absolute atomic E-state index is 0.160. The van der Waals surface area contributed by atoms with Crippen LogP contribution in [0.5, 0.6) is 0 Å². The molecule has 0 aliphatic heterocycles. The van der Waals surface area contributed by atoms with E-state index in [1.165, 1.54) is 33.3 Å². The van der Waals surface area contributed by atoms with Crippen molar-refractivity contribution in [3.05, 3.63) is 19.4 Å². The molecule has 0 radical (unpaired) electrons. The lowest BCUT2D eigenvalue weighted by Gasteiger charge is -2.29. The average Bonchev–Trinajstić information content (AvgIpc) is 2.75. The van der Waals surface area contributed by atoms with E-state index in [0.717, 1.165) is 6.42 Å². The molecule has 1 unspecified atom stereocenters. The van der Waals surface area contributed by atoms with Gasteiger partial charge in [0, 0.05) is 10.9 Å². The summed E-state index contributed by atoms with van der Waals surface area (Å²) in [5.74, 6) is 0.0718. The summed E-state index contributed by atoms with van der Waals surface area (Å²) in [5.41, 5.74) is 1.38. The van der Waals surface area contributed by atoms with Gasteiger partial charge in [0.2, 0.25) is 0 Å². The minimum atomic E-state index is -0.224. The zero-order valence-electron chi connectivity index (χ0n) is 11.5. The molecule has 0 spiro atoms. The van der Waals surface area contributed by atoms with Crippen molar-refractivity contribution in [2.75, 3.05) is 7.11 Å².